The Morgan fingerprint density at radius 2 is 2.15 bits per heavy atom. The van der Waals surface area contributed by atoms with Crippen molar-refractivity contribution in [3.8, 4) is 0 Å². The molecule has 0 aliphatic carbocycles. The predicted molar refractivity (Wildman–Crippen MR) is 54.7 cm³/mol. The van der Waals surface area contributed by atoms with Crippen molar-refractivity contribution in [2.45, 2.75) is 26.3 Å². The van der Waals surface area contributed by atoms with Gasteiger partial charge in [-0.15, -0.1) is 0 Å². The van der Waals surface area contributed by atoms with Gasteiger partial charge in [0.2, 0.25) is 0 Å². The number of aromatic nitrogens is 2. The van der Waals surface area contributed by atoms with E-state index in [2.05, 4.69) is 35.5 Å². The zero-order chi connectivity index (χ0) is 9.26. The summed E-state index contributed by atoms with van der Waals surface area (Å²) in [5.41, 5.74) is 2.32. The second kappa shape index (κ2) is 3.21. The van der Waals surface area contributed by atoms with Crippen LogP contribution in [-0.4, -0.2) is 9.55 Å². The van der Waals surface area contributed by atoms with Crippen LogP contribution in [0, 0.1) is 0 Å². The lowest BCUT2D eigenvalue weighted by Crippen LogP contribution is -2.01. The van der Waals surface area contributed by atoms with E-state index in [9.17, 15) is 0 Å². The van der Waals surface area contributed by atoms with Crippen molar-refractivity contribution in [2.75, 3.05) is 0 Å². The molecule has 1 aromatic heterocycles. The van der Waals surface area contributed by atoms with Crippen LogP contribution in [0.15, 0.2) is 30.6 Å². The van der Waals surface area contributed by atoms with Crippen molar-refractivity contribution in [3.63, 3.8) is 0 Å². The smallest absolute Gasteiger partial charge is 0.0960 e. The maximum Gasteiger partial charge on any atom is 0.0960 e. The number of fused-ring (bicyclic) bond motifs is 1. The van der Waals surface area contributed by atoms with E-state index in [4.69, 9.17) is 0 Å². The number of para-hydroxylation sites is 2. The van der Waals surface area contributed by atoms with Crippen LogP contribution in [0.4, 0.5) is 0 Å². The minimum atomic E-state index is 0.535. The largest absolute Gasteiger partial charge is 0.328 e. The van der Waals surface area contributed by atoms with E-state index in [0.717, 1.165) is 11.9 Å². The molecule has 13 heavy (non-hydrogen) atoms. The minimum absolute atomic E-state index is 0.535. The number of hydrogen-bond donors (Lipinski definition) is 0. The predicted octanol–water partition coefficient (Wildman–Crippen LogP) is 3.01. The average molecular weight is 174 g/mol. The van der Waals surface area contributed by atoms with Gasteiger partial charge in [0.25, 0.3) is 0 Å². The van der Waals surface area contributed by atoms with Crippen molar-refractivity contribution in [2.24, 2.45) is 0 Å². The Morgan fingerprint density at radius 1 is 1.38 bits per heavy atom. The Hall–Kier alpha value is -1.31. The van der Waals surface area contributed by atoms with Crippen LogP contribution < -0.4 is 0 Å². The van der Waals surface area contributed by atoms with E-state index in [0.29, 0.717) is 6.04 Å². The van der Waals surface area contributed by atoms with Gasteiger partial charge in [-0.05, 0) is 25.5 Å². The number of imidazole rings is 1. The van der Waals surface area contributed by atoms with Crippen LogP contribution in [0.2, 0.25) is 0 Å². The van der Waals surface area contributed by atoms with Gasteiger partial charge in [0, 0.05) is 6.04 Å². The Kier molecular flexibility index (Phi) is 2.05. The second-order valence-corrected chi connectivity index (χ2v) is 3.40. The molecule has 1 unspecified atom stereocenters. The Balaban J connectivity index is 2.57. The molecule has 0 aliphatic rings. The minimum Gasteiger partial charge on any atom is -0.328 e. The molecule has 1 aromatic carbocycles. The molecule has 2 nitrogen and oxygen atoms in total. The topological polar surface area (TPSA) is 17.8 Å². The summed E-state index contributed by atoms with van der Waals surface area (Å²) in [5.74, 6) is 0. The standard InChI is InChI=1S/C11H14N2/c1-3-9(2)13-8-12-10-6-4-5-7-11(10)13/h4-9H,3H2,1-2H3. The third-order valence-corrected chi connectivity index (χ3v) is 2.55. The lowest BCUT2D eigenvalue weighted by Gasteiger charge is -2.10. The molecule has 2 rings (SSSR count). The molecule has 1 heterocycles. The van der Waals surface area contributed by atoms with Crippen LogP contribution in [-0.2, 0) is 0 Å². The molecule has 0 fully saturated rings. The van der Waals surface area contributed by atoms with Gasteiger partial charge in [-0.2, -0.15) is 0 Å². The summed E-state index contributed by atoms with van der Waals surface area (Å²) in [6, 6.07) is 8.79. The average Bonchev–Trinajstić information content (AvgIpc) is 2.60. The first-order valence-electron chi connectivity index (χ1n) is 4.74. The first kappa shape index (κ1) is 8.30. The quantitative estimate of drug-likeness (QED) is 0.684. The highest BCUT2D eigenvalue weighted by Crippen LogP contribution is 2.18. The van der Waals surface area contributed by atoms with Gasteiger partial charge in [0.1, 0.15) is 0 Å². The number of rotatable bonds is 2. The molecule has 2 heteroatoms. The van der Waals surface area contributed by atoms with Crippen molar-refractivity contribution in [1.82, 2.24) is 9.55 Å². The Labute approximate surface area is 78.2 Å². The molecule has 2 aromatic rings. The first-order chi connectivity index (χ1) is 6.33. The van der Waals surface area contributed by atoms with Crippen LogP contribution in [0.5, 0.6) is 0 Å². The highest BCUT2D eigenvalue weighted by molar-refractivity contribution is 5.75. The Bertz CT molecular complexity index is 403. The van der Waals surface area contributed by atoms with E-state index in [-0.39, 0.29) is 0 Å². The summed E-state index contributed by atoms with van der Waals surface area (Å²) in [6.07, 6.45) is 3.07. The summed E-state index contributed by atoms with van der Waals surface area (Å²) >= 11 is 0. The maximum absolute atomic E-state index is 4.35. The van der Waals surface area contributed by atoms with Crippen LogP contribution in [0.1, 0.15) is 26.3 Å². The maximum atomic E-state index is 4.35. The normalized spacial score (nSPS) is 13.4. The van der Waals surface area contributed by atoms with Gasteiger partial charge in [-0.1, -0.05) is 19.1 Å². The molecule has 0 N–H and O–H groups in total. The summed E-state index contributed by atoms with van der Waals surface area (Å²) in [6.45, 7) is 4.41. The van der Waals surface area contributed by atoms with Crippen LogP contribution in [0.3, 0.4) is 0 Å². The Morgan fingerprint density at radius 3 is 2.92 bits per heavy atom. The SMILES string of the molecule is CCC(C)n1cnc2ccccc21. The van der Waals surface area contributed by atoms with E-state index >= 15 is 0 Å². The molecule has 0 spiro atoms. The molecule has 0 radical (unpaired) electrons. The molecular formula is C11H14N2. The van der Waals surface area contributed by atoms with E-state index in [1.807, 2.05) is 18.5 Å². The summed E-state index contributed by atoms with van der Waals surface area (Å²) in [4.78, 5) is 4.35. The third-order valence-electron chi connectivity index (χ3n) is 2.55. The molecular weight excluding hydrogens is 160 g/mol. The highest BCUT2D eigenvalue weighted by atomic mass is 15.1. The van der Waals surface area contributed by atoms with Gasteiger partial charge >= 0.3 is 0 Å². The van der Waals surface area contributed by atoms with E-state index in [1.54, 1.807) is 0 Å². The first-order valence-corrected chi connectivity index (χ1v) is 4.74. The molecule has 0 saturated carbocycles. The van der Waals surface area contributed by atoms with Gasteiger partial charge in [-0.25, -0.2) is 4.98 Å². The van der Waals surface area contributed by atoms with Crippen molar-refractivity contribution in [1.29, 1.82) is 0 Å². The summed E-state index contributed by atoms with van der Waals surface area (Å²) in [7, 11) is 0. The van der Waals surface area contributed by atoms with Crippen LogP contribution >= 0.6 is 0 Å². The fourth-order valence-corrected chi connectivity index (χ4v) is 1.53. The van der Waals surface area contributed by atoms with E-state index in [1.165, 1.54) is 5.52 Å². The lowest BCUT2D eigenvalue weighted by molar-refractivity contribution is 0.544. The third kappa shape index (κ3) is 1.32. The van der Waals surface area contributed by atoms with Gasteiger partial charge in [0.15, 0.2) is 0 Å². The highest BCUT2D eigenvalue weighted by Gasteiger charge is 2.05. The lowest BCUT2D eigenvalue weighted by atomic mass is 10.2. The number of benzene rings is 1. The molecule has 1 atom stereocenters. The molecule has 0 amide bonds. The van der Waals surface area contributed by atoms with Gasteiger partial charge in [-0.3, -0.25) is 0 Å². The molecule has 0 saturated heterocycles. The van der Waals surface area contributed by atoms with Crippen molar-refractivity contribution < 1.29 is 0 Å². The second-order valence-electron chi connectivity index (χ2n) is 3.40. The fourth-order valence-electron chi connectivity index (χ4n) is 1.53. The van der Waals surface area contributed by atoms with Crippen LogP contribution in [0.25, 0.3) is 11.0 Å². The zero-order valence-electron chi connectivity index (χ0n) is 8.07. The van der Waals surface area contributed by atoms with Gasteiger partial charge < -0.3 is 4.57 Å². The van der Waals surface area contributed by atoms with Crippen molar-refractivity contribution >= 4 is 11.0 Å². The summed E-state index contributed by atoms with van der Waals surface area (Å²) in [5, 5.41) is 0. The monoisotopic (exact) mass is 174 g/mol. The van der Waals surface area contributed by atoms with Gasteiger partial charge in [0.05, 0.1) is 17.4 Å². The van der Waals surface area contributed by atoms with Crippen molar-refractivity contribution in [3.05, 3.63) is 30.6 Å². The summed E-state index contributed by atoms with van der Waals surface area (Å²) < 4.78 is 2.23. The molecule has 0 bridgehead atoms. The number of hydrogen-bond acceptors (Lipinski definition) is 1. The fraction of sp³-hybridized carbons (Fsp3) is 0.364. The van der Waals surface area contributed by atoms with E-state index < -0.39 is 0 Å². The molecule has 68 valence electrons. The zero-order valence-corrected chi connectivity index (χ0v) is 8.07. The number of nitrogens with zero attached hydrogens (tertiary/aromatic N) is 2. The molecule has 0 aliphatic heterocycles.